The number of rotatable bonds is 11. The van der Waals surface area contributed by atoms with E-state index in [2.05, 4.69) is 33.4 Å². The van der Waals surface area contributed by atoms with Crippen LogP contribution < -0.4 is 0 Å². The summed E-state index contributed by atoms with van der Waals surface area (Å²) in [4.78, 5) is 22.6. The summed E-state index contributed by atoms with van der Waals surface area (Å²) in [6, 6.07) is 17.7. The van der Waals surface area contributed by atoms with Crippen molar-refractivity contribution in [2.24, 2.45) is 0 Å². The normalized spacial score (nSPS) is 19.6. The molecule has 0 radical (unpaired) electrons. The van der Waals surface area contributed by atoms with Gasteiger partial charge in [0.25, 0.3) is 0 Å². The summed E-state index contributed by atoms with van der Waals surface area (Å²) in [5.74, 6) is 0.0858. The van der Waals surface area contributed by atoms with Crippen molar-refractivity contribution in [3.63, 3.8) is 0 Å². The second-order valence-corrected chi connectivity index (χ2v) is 10.6. The summed E-state index contributed by atoms with van der Waals surface area (Å²) in [6.45, 7) is 15.2. The summed E-state index contributed by atoms with van der Waals surface area (Å²) in [5, 5.41) is 0. The van der Waals surface area contributed by atoms with E-state index in [0.717, 1.165) is 83.9 Å². The number of unbranched alkanes of at least 4 members (excludes halogenated alkanes) is 1. The molecule has 2 fully saturated rings. The predicted molar refractivity (Wildman–Crippen MR) is 145 cm³/mol. The second-order valence-electron chi connectivity index (χ2n) is 10.6. The van der Waals surface area contributed by atoms with Crippen LogP contribution in [-0.2, 0) is 0 Å². The van der Waals surface area contributed by atoms with Crippen LogP contribution in [0.25, 0.3) is 0 Å². The molecule has 0 spiro atoms. The summed E-state index contributed by atoms with van der Waals surface area (Å²) < 4.78 is 13.6. The lowest BCUT2D eigenvalue weighted by Crippen LogP contribution is -2.53. The first-order chi connectivity index (χ1) is 17.5. The van der Waals surface area contributed by atoms with E-state index in [1.807, 2.05) is 42.5 Å². The molecule has 2 saturated heterocycles. The number of piperazine rings is 2. The molecule has 4 rings (SSSR count). The van der Waals surface area contributed by atoms with Crippen molar-refractivity contribution in [2.45, 2.75) is 45.2 Å². The lowest BCUT2D eigenvalue weighted by molar-refractivity contribution is 0.0479. The lowest BCUT2D eigenvalue weighted by atomic mass is 10.0. The quantitative estimate of drug-likeness (QED) is 0.338. The molecule has 1 atom stereocenters. The average Bonchev–Trinajstić information content (AvgIpc) is 2.91. The number of halogens is 1. The van der Waals surface area contributed by atoms with Crippen molar-refractivity contribution in [3.05, 3.63) is 71.5 Å². The second kappa shape index (κ2) is 13.4. The highest BCUT2D eigenvalue weighted by Crippen LogP contribution is 2.25. The molecule has 5 nitrogen and oxygen atoms in total. The van der Waals surface area contributed by atoms with Crippen molar-refractivity contribution in [1.29, 1.82) is 0 Å². The number of hydrogen-bond acceptors (Lipinski definition) is 5. The van der Waals surface area contributed by atoms with E-state index < -0.39 is 0 Å². The Labute approximate surface area is 216 Å². The molecule has 196 valence electrons. The Morgan fingerprint density at radius 3 is 2.03 bits per heavy atom. The fourth-order valence-corrected chi connectivity index (χ4v) is 5.51. The van der Waals surface area contributed by atoms with Gasteiger partial charge in [0, 0.05) is 83.0 Å². The van der Waals surface area contributed by atoms with E-state index >= 15 is 0 Å². The van der Waals surface area contributed by atoms with Crippen molar-refractivity contribution in [2.75, 3.05) is 65.4 Å². The fourth-order valence-electron chi connectivity index (χ4n) is 5.51. The van der Waals surface area contributed by atoms with Crippen LogP contribution in [0.2, 0.25) is 0 Å². The Balaban J connectivity index is 1.23. The number of Topliss-reactive ketones (excluding diaryl/α,β-unsaturated/α-hetero) is 1. The summed E-state index contributed by atoms with van der Waals surface area (Å²) in [6.07, 6.45) is 2.65. The van der Waals surface area contributed by atoms with Gasteiger partial charge in [-0.3, -0.25) is 19.5 Å². The van der Waals surface area contributed by atoms with Gasteiger partial charge in [0.2, 0.25) is 0 Å². The first-order valence-corrected chi connectivity index (χ1v) is 13.8. The van der Waals surface area contributed by atoms with E-state index in [9.17, 15) is 9.18 Å². The lowest BCUT2D eigenvalue weighted by Gasteiger charge is -2.43. The largest absolute Gasteiger partial charge is 0.301 e. The first kappa shape index (κ1) is 26.9. The maximum Gasteiger partial charge on any atom is 0.162 e. The smallest absolute Gasteiger partial charge is 0.162 e. The standard InChI is InChI=1S/C30H43FN4O/c1-25(2)34-20-22-35(23-21-34)29(26-11-13-28(31)14-12-26)24-33-18-16-32(17-19-33)15-7-6-10-30(36)27-8-4-3-5-9-27/h3-5,8-9,11-14,25,29H,6-7,10,15-24H2,1-2H3. The van der Waals surface area contributed by atoms with E-state index in [1.165, 1.54) is 5.56 Å². The third-order valence-corrected chi connectivity index (χ3v) is 7.89. The Bertz CT molecular complexity index is 920. The summed E-state index contributed by atoms with van der Waals surface area (Å²) >= 11 is 0. The van der Waals surface area contributed by atoms with Gasteiger partial charge in [0.15, 0.2) is 5.78 Å². The molecule has 1 unspecified atom stereocenters. The van der Waals surface area contributed by atoms with Crippen LogP contribution in [0, 0.1) is 5.82 Å². The molecule has 0 bridgehead atoms. The molecule has 0 N–H and O–H groups in total. The minimum Gasteiger partial charge on any atom is -0.301 e. The highest BCUT2D eigenvalue weighted by molar-refractivity contribution is 5.95. The predicted octanol–water partition coefficient (Wildman–Crippen LogP) is 4.56. The number of hydrogen-bond donors (Lipinski definition) is 0. The topological polar surface area (TPSA) is 30.0 Å². The fraction of sp³-hybridized carbons (Fsp3) is 0.567. The van der Waals surface area contributed by atoms with Crippen LogP contribution in [0.1, 0.15) is 55.1 Å². The van der Waals surface area contributed by atoms with Gasteiger partial charge in [-0.2, -0.15) is 0 Å². The van der Waals surface area contributed by atoms with Crippen molar-refractivity contribution in [3.8, 4) is 0 Å². The molecule has 36 heavy (non-hydrogen) atoms. The molecule has 2 aliphatic heterocycles. The third kappa shape index (κ3) is 7.69. The number of benzene rings is 2. The van der Waals surface area contributed by atoms with Crippen molar-refractivity contribution < 1.29 is 9.18 Å². The zero-order valence-corrected chi connectivity index (χ0v) is 22.1. The van der Waals surface area contributed by atoms with Crippen LogP contribution in [-0.4, -0.2) is 96.9 Å². The first-order valence-electron chi connectivity index (χ1n) is 13.8. The molecule has 0 amide bonds. The maximum absolute atomic E-state index is 13.6. The van der Waals surface area contributed by atoms with Crippen LogP contribution in [0.3, 0.4) is 0 Å². The van der Waals surface area contributed by atoms with Gasteiger partial charge in [-0.15, -0.1) is 0 Å². The van der Waals surface area contributed by atoms with Crippen LogP contribution in [0.4, 0.5) is 4.39 Å². The van der Waals surface area contributed by atoms with Crippen LogP contribution in [0.5, 0.6) is 0 Å². The molecule has 0 saturated carbocycles. The molecule has 2 aromatic carbocycles. The van der Waals surface area contributed by atoms with Gasteiger partial charge < -0.3 is 4.90 Å². The minimum absolute atomic E-state index is 0.166. The third-order valence-electron chi connectivity index (χ3n) is 7.89. The molecular weight excluding hydrogens is 451 g/mol. The molecule has 2 aliphatic rings. The number of carbonyl (C=O) groups is 1. The Morgan fingerprint density at radius 2 is 1.39 bits per heavy atom. The minimum atomic E-state index is -0.166. The number of ketones is 1. The molecule has 2 heterocycles. The molecule has 6 heteroatoms. The highest BCUT2D eigenvalue weighted by Gasteiger charge is 2.28. The zero-order valence-electron chi connectivity index (χ0n) is 22.1. The Morgan fingerprint density at radius 1 is 0.778 bits per heavy atom. The highest BCUT2D eigenvalue weighted by atomic mass is 19.1. The number of carbonyl (C=O) groups excluding carboxylic acids is 1. The van der Waals surface area contributed by atoms with Crippen molar-refractivity contribution in [1.82, 2.24) is 19.6 Å². The van der Waals surface area contributed by atoms with Crippen LogP contribution >= 0.6 is 0 Å². The van der Waals surface area contributed by atoms with Crippen LogP contribution in [0.15, 0.2) is 54.6 Å². The van der Waals surface area contributed by atoms with E-state index in [0.29, 0.717) is 18.5 Å². The van der Waals surface area contributed by atoms with E-state index in [1.54, 1.807) is 12.1 Å². The molecule has 0 aliphatic carbocycles. The number of nitrogens with zero attached hydrogens (tertiary/aromatic N) is 4. The Hall–Kier alpha value is -2.12. The van der Waals surface area contributed by atoms with E-state index in [-0.39, 0.29) is 11.6 Å². The van der Waals surface area contributed by atoms with Gasteiger partial charge in [0.1, 0.15) is 5.82 Å². The Kier molecular flexibility index (Phi) is 10.0. The van der Waals surface area contributed by atoms with Gasteiger partial charge in [0.05, 0.1) is 0 Å². The SMILES string of the molecule is CC(C)N1CCN(C(CN2CCN(CCCCC(=O)c3ccccc3)CC2)c2ccc(F)cc2)CC1. The molecule has 0 aromatic heterocycles. The van der Waals surface area contributed by atoms with Gasteiger partial charge in [-0.05, 0) is 50.9 Å². The average molecular weight is 495 g/mol. The van der Waals surface area contributed by atoms with Gasteiger partial charge >= 0.3 is 0 Å². The van der Waals surface area contributed by atoms with E-state index in [4.69, 9.17) is 0 Å². The van der Waals surface area contributed by atoms with Crippen molar-refractivity contribution >= 4 is 5.78 Å². The van der Waals surface area contributed by atoms with Gasteiger partial charge in [-0.1, -0.05) is 42.5 Å². The summed E-state index contributed by atoms with van der Waals surface area (Å²) in [5.41, 5.74) is 2.05. The molecular formula is C30H43FN4O. The summed E-state index contributed by atoms with van der Waals surface area (Å²) in [7, 11) is 0. The monoisotopic (exact) mass is 494 g/mol. The van der Waals surface area contributed by atoms with Gasteiger partial charge in [-0.25, -0.2) is 4.39 Å². The maximum atomic E-state index is 13.6. The zero-order chi connectivity index (χ0) is 25.3. The molecule has 2 aromatic rings.